The van der Waals surface area contributed by atoms with Crippen molar-refractivity contribution in [3.8, 4) is 0 Å². The lowest BCUT2D eigenvalue weighted by molar-refractivity contribution is 0.00475. The van der Waals surface area contributed by atoms with Crippen molar-refractivity contribution >= 4 is 10.1 Å². The maximum atomic E-state index is 11.5. The van der Waals surface area contributed by atoms with Crippen molar-refractivity contribution in [3.63, 3.8) is 0 Å². The quantitative estimate of drug-likeness (QED) is 0.793. The van der Waals surface area contributed by atoms with Crippen LogP contribution >= 0.6 is 0 Å². The third-order valence-corrected chi connectivity index (χ3v) is 3.64. The van der Waals surface area contributed by atoms with Crippen LogP contribution in [0.5, 0.6) is 0 Å². The molecule has 0 saturated carbocycles. The first-order valence-electron chi connectivity index (χ1n) is 9.22. The molecule has 1 aliphatic heterocycles. The molecule has 0 amide bonds. The van der Waals surface area contributed by atoms with Gasteiger partial charge in [0, 0.05) is 18.5 Å². The number of nitrogens with zero attached hydrogens (tertiary/aromatic N) is 1. The standard InChI is InChI=1S/C17H19NO3S/c1-22(19,20)21-16-12-18(13-16)17(14-8-4-2-5-9-14)15-10-6-3-7-11-15/h2-11,16-17H,12-13H2,1H3/i12D2,13D2,16D. The second kappa shape index (κ2) is 6.20. The lowest BCUT2D eigenvalue weighted by Crippen LogP contribution is -2.54. The third-order valence-electron chi connectivity index (χ3n) is 3.17. The van der Waals surface area contributed by atoms with Crippen molar-refractivity contribution < 1.29 is 19.5 Å². The van der Waals surface area contributed by atoms with E-state index in [0.717, 1.165) is 4.90 Å². The van der Waals surface area contributed by atoms with Crippen LogP contribution in [0.25, 0.3) is 0 Å². The molecule has 2 aromatic rings. The first-order valence-corrected chi connectivity index (χ1v) is 8.53. The van der Waals surface area contributed by atoms with Crippen LogP contribution in [-0.4, -0.2) is 38.6 Å². The average Bonchev–Trinajstić information content (AvgIpc) is 2.58. The van der Waals surface area contributed by atoms with Crippen molar-refractivity contribution in [1.82, 2.24) is 4.90 Å². The highest BCUT2D eigenvalue weighted by Crippen LogP contribution is 2.33. The molecule has 5 heteroatoms. The topological polar surface area (TPSA) is 46.6 Å². The lowest BCUT2D eigenvalue weighted by atomic mass is 9.94. The molecular formula is C17H19NO3S. The van der Waals surface area contributed by atoms with Crippen molar-refractivity contribution in [1.29, 1.82) is 0 Å². The summed E-state index contributed by atoms with van der Waals surface area (Å²) in [5, 5.41) is 0. The molecule has 1 heterocycles. The summed E-state index contributed by atoms with van der Waals surface area (Å²) in [6.45, 7) is -5.42. The van der Waals surface area contributed by atoms with E-state index in [1.54, 1.807) is 60.7 Å². The van der Waals surface area contributed by atoms with E-state index in [1.807, 2.05) is 0 Å². The summed E-state index contributed by atoms with van der Waals surface area (Å²) in [7, 11) is -4.26. The van der Waals surface area contributed by atoms with Crippen LogP contribution in [0.1, 0.15) is 24.0 Å². The minimum absolute atomic E-state index is 0.609. The Morgan fingerprint density at radius 1 is 1.09 bits per heavy atom. The second-order valence-electron chi connectivity index (χ2n) is 4.93. The van der Waals surface area contributed by atoms with Gasteiger partial charge in [-0.15, -0.1) is 0 Å². The van der Waals surface area contributed by atoms with Gasteiger partial charge in [0.15, 0.2) is 0 Å². The van der Waals surface area contributed by atoms with E-state index in [4.69, 9.17) is 6.85 Å². The smallest absolute Gasteiger partial charge is 0.264 e. The molecule has 0 bridgehead atoms. The van der Waals surface area contributed by atoms with Crippen LogP contribution in [0, 0.1) is 0 Å². The van der Waals surface area contributed by atoms with Crippen molar-refractivity contribution in [2.24, 2.45) is 0 Å². The van der Waals surface area contributed by atoms with Crippen LogP contribution in [0.2, 0.25) is 0 Å². The van der Waals surface area contributed by atoms with Crippen molar-refractivity contribution in [3.05, 3.63) is 71.8 Å². The van der Waals surface area contributed by atoms with Gasteiger partial charge in [-0.3, -0.25) is 9.08 Å². The molecule has 116 valence electrons. The summed E-state index contributed by atoms with van der Waals surface area (Å²) in [5.74, 6) is 0. The Kier molecular flexibility index (Phi) is 2.86. The number of benzene rings is 2. The summed E-state index contributed by atoms with van der Waals surface area (Å²) >= 11 is 0. The molecule has 3 rings (SSSR count). The largest absolute Gasteiger partial charge is 0.287 e. The highest BCUT2D eigenvalue weighted by atomic mass is 32.2. The maximum Gasteiger partial charge on any atom is 0.264 e. The summed E-state index contributed by atoms with van der Waals surface area (Å²) < 4.78 is 69.1. The zero-order valence-electron chi connectivity index (χ0n) is 16.9. The van der Waals surface area contributed by atoms with Gasteiger partial charge >= 0.3 is 0 Å². The van der Waals surface area contributed by atoms with Gasteiger partial charge < -0.3 is 0 Å². The minimum Gasteiger partial charge on any atom is -0.287 e. The first-order chi connectivity index (χ1) is 12.4. The molecule has 1 fully saturated rings. The van der Waals surface area contributed by atoms with E-state index < -0.39 is 35.2 Å². The molecule has 22 heavy (non-hydrogen) atoms. The summed E-state index contributed by atoms with van der Waals surface area (Å²) in [4.78, 5) is 0.850. The molecule has 0 aromatic heterocycles. The van der Waals surface area contributed by atoms with E-state index in [1.165, 1.54) is 0 Å². The number of hydrogen-bond acceptors (Lipinski definition) is 4. The Bertz CT molecular complexity index is 867. The molecule has 1 aliphatic rings. The summed E-state index contributed by atoms with van der Waals surface area (Å²) in [6.07, 6.45) is -2.26. The molecule has 4 nitrogen and oxygen atoms in total. The number of likely N-dealkylation sites (tertiary alicyclic amines) is 1. The summed E-state index contributed by atoms with van der Waals surface area (Å²) in [5.41, 5.74) is 1.22. The lowest BCUT2D eigenvalue weighted by Gasteiger charge is -2.43. The fourth-order valence-electron chi connectivity index (χ4n) is 2.30. The first kappa shape index (κ1) is 10.2. The normalized spacial score (nSPS) is 26.0. The molecule has 0 aliphatic carbocycles. The molecule has 1 saturated heterocycles. The fraction of sp³-hybridized carbons (Fsp3) is 0.294. The Morgan fingerprint density at radius 3 is 1.95 bits per heavy atom. The Labute approximate surface area is 138 Å². The molecule has 0 atom stereocenters. The average molecular weight is 322 g/mol. The van der Waals surface area contributed by atoms with Gasteiger partial charge in [-0.05, 0) is 11.1 Å². The third kappa shape index (κ3) is 3.55. The van der Waals surface area contributed by atoms with E-state index in [0.29, 0.717) is 17.4 Å². The van der Waals surface area contributed by atoms with Gasteiger partial charge in [0.1, 0.15) is 6.08 Å². The molecular weight excluding hydrogens is 298 g/mol. The van der Waals surface area contributed by atoms with Crippen molar-refractivity contribution in [2.75, 3.05) is 19.2 Å². The van der Waals surface area contributed by atoms with Gasteiger partial charge in [0.05, 0.1) is 13.7 Å². The molecule has 0 N–H and O–H groups in total. The predicted octanol–water partition coefficient (Wildman–Crippen LogP) is 2.44. The molecule has 2 aromatic carbocycles. The van der Waals surface area contributed by atoms with Crippen molar-refractivity contribution in [2.45, 2.75) is 12.1 Å². The molecule has 0 spiro atoms. The Hall–Kier alpha value is -1.69. The van der Waals surface area contributed by atoms with Gasteiger partial charge in [-0.1, -0.05) is 60.7 Å². The molecule has 0 unspecified atom stereocenters. The van der Waals surface area contributed by atoms with Crippen LogP contribution in [0.3, 0.4) is 0 Å². The van der Waals surface area contributed by atoms with Gasteiger partial charge in [-0.2, -0.15) is 8.42 Å². The summed E-state index contributed by atoms with van der Waals surface area (Å²) in [6, 6.07) is 16.6. The van der Waals surface area contributed by atoms with E-state index >= 15 is 0 Å². The maximum absolute atomic E-state index is 11.5. The second-order valence-corrected chi connectivity index (χ2v) is 6.51. The van der Waals surface area contributed by atoms with Gasteiger partial charge in [0.25, 0.3) is 10.1 Å². The predicted molar refractivity (Wildman–Crippen MR) is 86.0 cm³/mol. The SMILES string of the molecule is [2H]C1([2H])N(C(c2ccccc2)c2ccccc2)C([2H])([2H])C1([2H])OS(C)(=O)=O. The van der Waals surface area contributed by atoms with E-state index in [2.05, 4.69) is 4.18 Å². The Morgan fingerprint density at radius 2 is 1.55 bits per heavy atom. The zero-order valence-corrected chi connectivity index (χ0v) is 12.7. The highest BCUT2D eigenvalue weighted by Gasteiger charge is 2.36. The van der Waals surface area contributed by atoms with Crippen LogP contribution in [0.15, 0.2) is 60.7 Å². The number of rotatable bonds is 5. The van der Waals surface area contributed by atoms with Crippen LogP contribution in [0.4, 0.5) is 0 Å². The highest BCUT2D eigenvalue weighted by molar-refractivity contribution is 7.86. The van der Waals surface area contributed by atoms with E-state index in [-0.39, 0.29) is 0 Å². The van der Waals surface area contributed by atoms with Crippen LogP contribution in [-0.2, 0) is 14.3 Å². The molecule has 0 radical (unpaired) electrons. The van der Waals surface area contributed by atoms with Gasteiger partial charge in [0.2, 0.25) is 0 Å². The fourth-order valence-corrected chi connectivity index (χ4v) is 2.68. The number of hydrogen-bond donors (Lipinski definition) is 0. The Balaban J connectivity index is 2.14. The van der Waals surface area contributed by atoms with Gasteiger partial charge in [-0.25, -0.2) is 0 Å². The monoisotopic (exact) mass is 322 g/mol. The minimum atomic E-state index is -4.26. The zero-order chi connectivity index (χ0) is 20.1. The van der Waals surface area contributed by atoms with Crippen LogP contribution < -0.4 is 0 Å². The van der Waals surface area contributed by atoms with E-state index in [9.17, 15) is 8.42 Å².